The minimum atomic E-state index is -2.04. The van der Waals surface area contributed by atoms with E-state index in [9.17, 15) is 49.5 Å². The predicted molar refractivity (Wildman–Crippen MR) is 327 cm³/mol. The summed E-state index contributed by atoms with van der Waals surface area (Å²) >= 11 is 0. The van der Waals surface area contributed by atoms with E-state index in [1.54, 1.807) is 52.0 Å². The van der Waals surface area contributed by atoms with Crippen molar-refractivity contribution in [3.05, 3.63) is 132 Å². The number of benzene rings is 3. The van der Waals surface area contributed by atoms with E-state index in [1.165, 1.54) is 40.2 Å². The zero-order valence-electron chi connectivity index (χ0n) is 52.0. The van der Waals surface area contributed by atoms with Crippen molar-refractivity contribution in [1.82, 2.24) is 41.1 Å². The molecule has 0 aliphatic carbocycles. The average Bonchev–Trinajstić information content (AvgIpc) is 1.54. The number of imidazole rings is 1. The lowest BCUT2D eigenvalue weighted by Crippen LogP contribution is -2.63. The Kier molecular flexibility index (Phi) is 25.7. The first-order chi connectivity index (χ1) is 43.0. The SMILES string of the molecule is CC[C@H](C)[C@H](NC(=O)[C@H](Cc1ccc(OCc2ccccc2)cc1)NC(=O)[C@H](C(C)C)N(C(=O)[C@H](CCCN=C(N)N)NC(=O)OC(C)(C)C)[N+](=O)[O-])C(=O)N(c1cccc([N+](=O)[O-])c1[N+](=O)[O-])[C@@H](Cc1cnc[nH]1)C(=O)N1CCC[C@H]1C(=O)N[C@@H](C)C(=O)OC. The van der Waals surface area contributed by atoms with Gasteiger partial charge in [0, 0.05) is 43.9 Å². The van der Waals surface area contributed by atoms with Crippen LogP contribution in [-0.2, 0) is 62.5 Å². The fraction of sp³-hybridized carbons (Fsp3) is 0.492. The number of anilines is 1. The maximum Gasteiger partial charge on any atom is 0.408 e. The van der Waals surface area contributed by atoms with Crippen molar-refractivity contribution in [1.29, 1.82) is 0 Å². The molecule has 1 aromatic heterocycles. The third-order valence-corrected chi connectivity index (χ3v) is 14.7. The number of guanidine groups is 1. The number of carbonyl (C=O) groups excluding carboxylic acids is 8. The molecule has 1 fully saturated rings. The molecule has 492 valence electrons. The Hall–Kier alpha value is -10.3. The number of nitrogens with two attached hydrogens (primary N) is 2. The van der Waals surface area contributed by atoms with E-state index in [-0.39, 0.29) is 68.5 Å². The Morgan fingerprint density at radius 2 is 1.51 bits per heavy atom. The van der Waals surface area contributed by atoms with Gasteiger partial charge in [-0.2, -0.15) is 0 Å². The van der Waals surface area contributed by atoms with Crippen LogP contribution in [0.25, 0.3) is 0 Å². The van der Waals surface area contributed by atoms with Crippen LogP contribution in [0.1, 0.15) is 104 Å². The number of amides is 7. The highest BCUT2D eigenvalue weighted by Gasteiger charge is 2.49. The van der Waals surface area contributed by atoms with E-state index in [0.29, 0.717) is 16.2 Å². The smallest absolute Gasteiger partial charge is 0.408 e. The lowest BCUT2D eigenvalue weighted by Gasteiger charge is -2.38. The quantitative estimate of drug-likeness (QED) is 0.00943. The van der Waals surface area contributed by atoms with E-state index < -0.39 is 152 Å². The third kappa shape index (κ3) is 19.8. The Balaban J connectivity index is 1.67. The van der Waals surface area contributed by atoms with Gasteiger partial charge < -0.3 is 56.8 Å². The van der Waals surface area contributed by atoms with Gasteiger partial charge in [-0.3, -0.25) is 58.9 Å². The molecule has 4 aromatic rings. The number of aliphatic imine (C=N–C) groups is 1. The second-order valence-corrected chi connectivity index (χ2v) is 22.9. The van der Waals surface area contributed by atoms with Crippen LogP contribution in [0, 0.1) is 42.2 Å². The maximum absolute atomic E-state index is 16.1. The molecule has 9 N–H and O–H groups in total. The fourth-order valence-electron chi connectivity index (χ4n) is 10.1. The summed E-state index contributed by atoms with van der Waals surface area (Å²) in [4.78, 5) is 165. The number of nitrogens with zero attached hydrogens (tertiary/aromatic N) is 8. The number of methoxy groups -OCH3 is 1. The second kappa shape index (κ2) is 32.8. The average molecular weight is 1270 g/mol. The van der Waals surface area contributed by atoms with Gasteiger partial charge in [-0.1, -0.05) is 82.6 Å². The number of aromatic amines is 1. The van der Waals surface area contributed by atoms with Gasteiger partial charge in [0.1, 0.15) is 59.9 Å². The van der Waals surface area contributed by atoms with Crippen molar-refractivity contribution in [2.45, 2.75) is 155 Å². The monoisotopic (exact) mass is 1270 g/mol. The first-order valence-electron chi connectivity index (χ1n) is 29.3. The molecule has 1 saturated heterocycles. The summed E-state index contributed by atoms with van der Waals surface area (Å²) in [5.74, 6) is -9.66. The molecule has 8 atom stereocenters. The van der Waals surface area contributed by atoms with Crippen LogP contribution < -0.4 is 42.4 Å². The van der Waals surface area contributed by atoms with Crippen molar-refractivity contribution in [2.24, 2.45) is 28.3 Å². The number of nitrogens with one attached hydrogen (secondary N) is 5. The normalized spacial score (nSPS) is 15.2. The molecular formula is C59H79N15O17. The molecule has 32 nitrogen and oxygen atoms in total. The molecule has 32 heteroatoms. The van der Waals surface area contributed by atoms with Gasteiger partial charge in [-0.05, 0) is 99.5 Å². The Morgan fingerprint density at radius 1 is 0.824 bits per heavy atom. The van der Waals surface area contributed by atoms with Crippen LogP contribution in [0.4, 0.5) is 21.9 Å². The number of H-pyrrole nitrogens is 1. The van der Waals surface area contributed by atoms with Gasteiger partial charge >= 0.3 is 29.3 Å². The van der Waals surface area contributed by atoms with Crippen molar-refractivity contribution in [2.75, 3.05) is 25.1 Å². The summed E-state index contributed by atoms with van der Waals surface area (Å²) in [5.41, 5.74) is 8.13. The Bertz CT molecular complexity index is 3270. The molecule has 5 rings (SSSR count). The molecular weight excluding hydrogens is 1190 g/mol. The number of esters is 1. The minimum absolute atomic E-state index is 0.0135. The molecule has 7 amide bonds. The molecule has 1 aliphatic heterocycles. The first-order valence-corrected chi connectivity index (χ1v) is 29.3. The van der Waals surface area contributed by atoms with Crippen molar-refractivity contribution < 1.29 is 67.4 Å². The number of hydrogen-bond acceptors (Lipinski definition) is 19. The van der Waals surface area contributed by atoms with Crippen LogP contribution in [0.5, 0.6) is 5.75 Å². The second-order valence-electron chi connectivity index (χ2n) is 22.9. The fourth-order valence-corrected chi connectivity index (χ4v) is 10.1. The van der Waals surface area contributed by atoms with Crippen molar-refractivity contribution in [3.63, 3.8) is 0 Å². The standard InChI is InChI=1S/C59H79N15O17/c1-10-35(4)47(55(80)70(43-20-14-21-44(72(83)84)49(43)73(85)86)46(30-39-31-62-33-64-39)54(79)69-28-16-22-45(69)51(76)65-36(5)56(81)89-9)68-50(75)42(29-37-23-25-40(26-24-37)90-32-38-17-12-11-13-18-38)66-52(77)48(34(2)3)71(74(87)88)53(78)41(19-15-27-63-57(60)61)67-58(82)91-59(6,7)8/h11-14,17-18,20-21,23-26,31,33-36,41-42,45-48H,10,15-16,19,22,27-30,32H2,1-9H3,(H,62,64)(H,65,76)(H,66,77)(H,67,82)(H,68,75)(H4,60,61,63)/t35-,36-,41-,42-,45-,46-,47-,48-/m0/s1. The van der Waals surface area contributed by atoms with E-state index >= 15 is 19.2 Å². The van der Waals surface area contributed by atoms with E-state index in [0.717, 1.165) is 35.8 Å². The van der Waals surface area contributed by atoms with E-state index in [1.807, 2.05) is 30.3 Å². The summed E-state index contributed by atoms with van der Waals surface area (Å²) in [6.45, 7) is 11.8. The highest BCUT2D eigenvalue weighted by Crippen LogP contribution is 2.40. The van der Waals surface area contributed by atoms with Crippen molar-refractivity contribution in [3.8, 4) is 5.75 Å². The number of rotatable bonds is 31. The third-order valence-electron chi connectivity index (χ3n) is 14.7. The molecule has 0 bridgehead atoms. The van der Waals surface area contributed by atoms with Gasteiger partial charge in [0.15, 0.2) is 17.0 Å². The summed E-state index contributed by atoms with van der Waals surface area (Å²) < 4.78 is 16.1. The number of aromatic nitrogens is 2. The number of alkyl carbamates (subject to hydrolysis) is 1. The molecule has 3 aromatic carbocycles. The summed E-state index contributed by atoms with van der Waals surface area (Å²) in [5, 5.41) is 48.0. The summed E-state index contributed by atoms with van der Waals surface area (Å²) in [7, 11) is 1.11. The summed E-state index contributed by atoms with van der Waals surface area (Å²) in [6.07, 6.45) is 0.415. The number of likely N-dealkylation sites (tertiary alicyclic amines) is 1. The van der Waals surface area contributed by atoms with Crippen LogP contribution >= 0.6 is 0 Å². The molecule has 1 aliphatic rings. The number of nitro benzene ring substituents is 2. The number of para-hydroxylation sites is 1. The van der Waals surface area contributed by atoms with Gasteiger partial charge in [0.25, 0.3) is 5.91 Å². The molecule has 0 unspecified atom stereocenters. The first kappa shape index (κ1) is 71.5. The minimum Gasteiger partial charge on any atom is -0.489 e. The number of carbonyl (C=O) groups is 8. The lowest BCUT2D eigenvalue weighted by molar-refractivity contribution is -0.641. The van der Waals surface area contributed by atoms with Crippen LogP contribution in [0.3, 0.4) is 0 Å². The highest BCUT2D eigenvalue weighted by atomic mass is 16.7. The molecule has 0 saturated carbocycles. The molecule has 0 radical (unpaired) electrons. The topological polar surface area (TPSA) is 445 Å². The lowest BCUT2D eigenvalue weighted by atomic mass is 9.94. The molecule has 0 spiro atoms. The van der Waals surface area contributed by atoms with Crippen LogP contribution in [-0.4, -0.2) is 156 Å². The molecule has 2 heterocycles. The van der Waals surface area contributed by atoms with Crippen LogP contribution in [0.2, 0.25) is 0 Å². The number of hydrogen-bond donors (Lipinski definition) is 7. The van der Waals surface area contributed by atoms with Crippen molar-refractivity contribution >= 4 is 70.5 Å². The van der Waals surface area contributed by atoms with E-state index in [4.69, 9.17) is 25.7 Å². The van der Waals surface area contributed by atoms with E-state index in [2.05, 4.69) is 36.2 Å². The number of hydrazine groups is 1. The highest BCUT2D eigenvalue weighted by molar-refractivity contribution is 6.08. The largest absolute Gasteiger partial charge is 0.489 e. The van der Waals surface area contributed by atoms with Gasteiger partial charge in [0.05, 0.1) is 23.3 Å². The van der Waals surface area contributed by atoms with Crippen LogP contribution in [0.15, 0.2) is 90.3 Å². The summed E-state index contributed by atoms with van der Waals surface area (Å²) in [6, 6.07) is 6.50. The number of nitro groups is 3. The van der Waals surface area contributed by atoms with Gasteiger partial charge in [-0.25, -0.2) is 24.7 Å². The predicted octanol–water partition coefficient (Wildman–Crippen LogP) is 3.67. The number of ether oxygens (including phenoxy) is 3. The maximum atomic E-state index is 16.1. The zero-order valence-corrected chi connectivity index (χ0v) is 52.0. The Morgan fingerprint density at radius 3 is 2.08 bits per heavy atom. The molecule has 91 heavy (non-hydrogen) atoms. The zero-order chi connectivity index (χ0) is 67.4. The van der Waals surface area contributed by atoms with Gasteiger partial charge in [0.2, 0.25) is 23.6 Å². The van der Waals surface area contributed by atoms with Gasteiger partial charge in [-0.15, -0.1) is 0 Å². The Labute approximate surface area is 524 Å².